The van der Waals surface area contributed by atoms with Crippen molar-refractivity contribution in [2.24, 2.45) is 0 Å². The minimum absolute atomic E-state index is 0.0738. The van der Waals surface area contributed by atoms with Crippen molar-refractivity contribution in [2.45, 2.75) is 25.9 Å². The van der Waals surface area contributed by atoms with Crippen LogP contribution in [0.2, 0.25) is 0 Å². The molecule has 13 heavy (non-hydrogen) atoms. The number of pyridine rings is 1. The lowest BCUT2D eigenvalue weighted by Gasteiger charge is -2.05. The minimum Gasteiger partial charge on any atom is -0.261 e. The summed E-state index contributed by atoms with van der Waals surface area (Å²) in [4.78, 5) is 3.71. The number of rotatable bonds is 2. The summed E-state index contributed by atoms with van der Waals surface area (Å²) < 4.78 is 35.7. The van der Waals surface area contributed by atoms with Gasteiger partial charge in [-0.3, -0.25) is 4.98 Å². The lowest BCUT2D eigenvalue weighted by Crippen LogP contribution is -2.12. The van der Waals surface area contributed by atoms with E-state index in [4.69, 9.17) is 0 Å². The highest BCUT2D eigenvalue weighted by molar-refractivity contribution is 5.14. The molecule has 0 bridgehead atoms. The van der Waals surface area contributed by atoms with E-state index in [1.165, 1.54) is 12.3 Å². The Morgan fingerprint density at radius 2 is 2.00 bits per heavy atom. The predicted molar refractivity (Wildman–Crippen MR) is 43.4 cm³/mol. The fourth-order valence-corrected chi connectivity index (χ4v) is 0.974. The molecule has 0 aromatic carbocycles. The number of hydrogen-bond donors (Lipinski definition) is 0. The van der Waals surface area contributed by atoms with Crippen LogP contribution in [0.5, 0.6) is 0 Å². The van der Waals surface area contributed by atoms with Crippen LogP contribution in [0.1, 0.15) is 18.2 Å². The van der Waals surface area contributed by atoms with Crippen LogP contribution < -0.4 is 0 Å². The highest BCUT2D eigenvalue weighted by Gasteiger charge is 2.28. The second-order valence-corrected chi connectivity index (χ2v) is 2.80. The predicted octanol–water partition coefficient (Wildman–Crippen LogP) is 2.75. The Morgan fingerprint density at radius 3 is 2.38 bits per heavy atom. The van der Waals surface area contributed by atoms with E-state index in [-0.39, 0.29) is 5.69 Å². The van der Waals surface area contributed by atoms with Crippen LogP contribution in [-0.2, 0) is 12.8 Å². The average molecular weight is 189 g/mol. The molecule has 72 valence electrons. The van der Waals surface area contributed by atoms with Crippen molar-refractivity contribution >= 4 is 0 Å². The Balaban J connectivity index is 2.70. The lowest BCUT2D eigenvalue weighted by atomic mass is 10.2. The molecule has 0 atom stereocenters. The molecule has 1 aromatic rings. The third-order valence-electron chi connectivity index (χ3n) is 1.68. The number of nitrogens with zero attached hydrogens (tertiary/aromatic N) is 1. The fraction of sp³-hybridized carbons (Fsp3) is 0.444. The van der Waals surface area contributed by atoms with E-state index >= 15 is 0 Å². The van der Waals surface area contributed by atoms with Crippen molar-refractivity contribution < 1.29 is 13.2 Å². The highest BCUT2D eigenvalue weighted by atomic mass is 19.4. The van der Waals surface area contributed by atoms with Crippen molar-refractivity contribution in [2.75, 3.05) is 0 Å². The van der Waals surface area contributed by atoms with Gasteiger partial charge in [-0.05, 0) is 18.1 Å². The number of hydrogen-bond acceptors (Lipinski definition) is 1. The van der Waals surface area contributed by atoms with E-state index in [9.17, 15) is 13.2 Å². The van der Waals surface area contributed by atoms with Crippen LogP contribution in [0.4, 0.5) is 13.2 Å². The first-order chi connectivity index (χ1) is 6.01. The molecular formula is C9H10F3N. The molecule has 0 saturated heterocycles. The molecule has 1 rings (SSSR count). The van der Waals surface area contributed by atoms with Crippen molar-refractivity contribution in [1.29, 1.82) is 0 Å². The third kappa shape index (κ3) is 3.44. The zero-order valence-corrected chi connectivity index (χ0v) is 7.23. The topological polar surface area (TPSA) is 12.9 Å². The Morgan fingerprint density at radius 1 is 1.31 bits per heavy atom. The first-order valence-corrected chi connectivity index (χ1v) is 4.02. The van der Waals surface area contributed by atoms with Gasteiger partial charge >= 0.3 is 6.18 Å². The van der Waals surface area contributed by atoms with Crippen LogP contribution in [0.3, 0.4) is 0 Å². The van der Waals surface area contributed by atoms with E-state index in [0.29, 0.717) is 0 Å². The Labute approximate surface area is 74.6 Å². The van der Waals surface area contributed by atoms with Gasteiger partial charge in [-0.15, -0.1) is 0 Å². The molecule has 0 saturated carbocycles. The first kappa shape index (κ1) is 10.0. The number of aromatic nitrogens is 1. The van der Waals surface area contributed by atoms with Gasteiger partial charge < -0.3 is 0 Å². The molecule has 0 unspecified atom stereocenters. The molecule has 0 aliphatic heterocycles. The smallest absolute Gasteiger partial charge is 0.261 e. The quantitative estimate of drug-likeness (QED) is 0.697. The Hall–Kier alpha value is -1.06. The number of halogens is 3. The molecule has 0 N–H and O–H groups in total. The van der Waals surface area contributed by atoms with Crippen molar-refractivity contribution in [3.63, 3.8) is 0 Å². The van der Waals surface area contributed by atoms with E-state index < -0.39 is 12.6 Å². The zero-order valence-electron chi connectivity index (χ0n) is 7.23. The normalized spacial score (nSPS) is 11.7. The van der Waals surface area contributed by atoms with Crippen LogP contribution >= 0.6 is 0 Å². The van der Waals surface area contributed by atoms with Gasteiger partial charge in [-0.1, -0.05) is 13.0 Å². The summed E-state index contributed by atoms with van der Waals surface area (Å²) in [5.74, 6) is 0. The average Bonchev–Trinajstić information content (AvgIpc) is 2.03. The standard InChI is InChI=1S/C9H10F3N/c1-2-7-3-4-8(13-6-7)5-9(10,11)12/h3-4,6H,2,5H2,1H3. The summed E-state index contributed by atoms with van der Waals surface area (Å²) in [6, 6.07) is 3.10. The molecule has 0 fully saturated rings. The Bertz CT molecular complexity index is 263. The molecule has 1 heterocycles. The maximum absolute atomic E-state index is 11.9. The fourth-order valence-electron chi connectivity index (χ4n) is 0.974. The Kier molecular flexibility index (Phi) is 2.90. The largest absolute Gasteiger partial charge is 0.394 e. The van der Waals surface area contributed by atoms with Gasteiger partial charge in [-0.2, -0.15) is 13.2 Å². The van der Waals surface area contributed by atoms with Gasteiger partial charge in [0.15, 0.2) is 0 Å². The van der Waals surface area contributed by atoms with Crippen LogP contribution in [0.25, 0.3) is 0 Å². The maximum Gasteiger partial charge on any atom is 0.394 e. The SMILES string of the molecule is CCc1ccc(CC(F)(F)F)nc1. The molecule has 4 heteroatoms. The zero-order chi connectivity index (χ0) is 9.90. The molecule has 0 amide bonds. The van der Waals surface area contributed by atoms with E-state index in [2.05, 4.69) is 4.98 Å². The summed E-state index contributed by atoms with van der Waals surface area (Å²) >= 11 is 0. The summed E-state index contributed by atoms with van der Waals surface area (Å²) in [6.07, 6.45) is -2.84. The van der Waals surface area contributed by atoms with Crippen molar-refractivity contribution in [3.05, 3.63) is 29.6 Å². The highest BCUT2D eigenvalue weighted by Crippen LogP contribution is 2.19. The van der Waals surface area contributed by atoms with Gasteiger partial charge in [0.2, 0.25) is 0 Å². The first-order valence-electron chi connectivity index (χ1n) is 4.02. The third-order valence-corrected chi connectivity index (χ3v) is 1.68. The molecule has 1 nitrogen and oxygen atoms in total. The molecule has 1 aromatic heterocycles. The summed E-state index contributed by atoms with van der Waals surface area (Å²) in [6.45, 7) is 1.93. The van der Waals surface area contributed by atoms with Gasteiger partial charge in [-0.25, -0.2) is 0 Å². The second kappa shape index (κ2) is 3.77. The van der Waals surface area contributed by atoms with E-state index in [0.717, 1.165) is 12.0 Å². The molecule has 0 aliphatic rings. The summed E-state index contributed by atoms with van der Waals surface area (Å²) in [7, 11) is 0. The molecule has 0 radical (unpaired) electrons. The summed E-state index contributed by atoms with van der Waals surface area (Å²) in [5.41, 5.74) is 1.02. The second-order valence-electron chi connectivity index (χ2n) is 2.80. The van der Waals surface area contributed by atoms with Crippen LogP contribution in [0, 0.1) is 0 Å². The minimum atomic E-state index is -4.17. The van der Waals surface area contributed by atoms with Gasteiger partial charge in [0, 0.05) is 11.9 Å². The molecule has 0 aliphatic carbocycles. The lowest BCUT2D eigenvalue weighted by molar-refractivity contribution is -0.127. The van der Waals surface area contributed by atoms with Gasteiger partial charge in [0.1, 0.15) is 0 Å². The van der Waals surface area contributed by atoms with Gasteiger partial charge in [0.25, 0.3) is 0 Å². The van der Waals surface area contributed by atoms with E-state index in [1.54, 1.807) is 6.07 Å². The van der Waals surface area contributed by atoms with Crippen LogP contribution in [0.15, 0.2) is 18.3 Å². The van der Waals surface area contributed by atoms with Crippen LogP contribution in [-0.4, -0.2) is 11.2 Å². The van der Waals surface area contributed by atoms with Crippen molar-refractivity contribution in [1.82, 2.24) is 4.98 Å². The maximum atomic E-state index is 11.9. The monoisotopic (exact) mass is 189 g/mol. The van der Waals surface area contributed by atoms with E-state index in [1.807, 2.05) is 6.92 Å². The molecule has 0 spiro atoms. The number of alkyl halides is 3. The molecular weight excluding hydrogens is 179 g/mol. The van der Waals surface area contributed by atoms with Gasteiger partial charge in [0.05, 0.1) is 6.42 Å². The number of aryl methyl sites for hydroxylation is 1. The summed E-state index contributed by atoms with van der Waals surface area (Å²) in [5, 5.41) is 0. The van der Waals surface area contributed by atoms with Crippen molar-refractivity contribution in [3.8, 4) is 0 Å².